The van der Waals surface area contributed by atoms with Gasteiger partial charge < -0.3 is 24.4 Å². The summed E-state index contributed by atoms with van der Waals surface area (Å²) >= 11 is 0. The van der Waals surface area contributed by atoms with Crippen molar-refractivity contribution >= 4 is 0 Å². The van der Waals surface area contributed by atoms with E-state index in [1.54, 1.807) is 24.3 Å². The Kier molecular flexibility index (Phi) is 6.70. The molecule has 3 atom stereocenters. The highest BCUT2D eigenvalue weighted by molar-refractivity contribution is 5.42. The Balaban J connectivity index is 1.94. The van der Waals surface area contributed by atoms with Crippen LogP contribution in [0.25, 0.3) is 0 Å². The molecule has 2 N–H and O–H groups in total. The van der Waals surface area contributed by atoms with Crippen molar-refractivity contribution in [2.75, 3.05) is 13.7 Å². The van der Waals surface area contributed by atoms with Gasteiger partial charge in [-0.2, -0.15) is 8.78 Å². The van der Waals surface area contributed by atoms with E-state index in [1.165, 1.54) is 13.2 Å². The molecule has 1 saturated heterocycles. The highest BCUT2D eigenvalue weighted by Gasteiger charge is 2.51. The van der Waals surface area contributed by atoms with E-state index >= 15 is 0 Å². The lowest BCUT2D eigenvalue weighted by molar-refractivity contribution is -0.415. The monoisotopic (exact) mass is 450 g/mol. The fraction of sp³-hybridized carbons (Fsp3) is 0.400. The van der Waals surface area contributed by atoms with Gasteiger partial charge in [-0.15, -0.1) is 13.2 Å². The summed E-state index contributed by atoms with van der Waals surface area (Å²) in [6.45, 7) is -1.09. The van der Waals surface area contributed by atoms with Crippen LogP contribution in [0.1, 0.15) is 22.8 Å². The van der Waals surface area contributed by atoms with Crippen molar-refractivity contribution in [3.8, 4) is 11.5 Å². The van der Waals surface area contributed by atoms with Gasteiger partial charge in [0.2, 0.25) is 0 Å². The molecular weight excluding hydrogens is 431 g/mol. The smallest absolute Gasteiger partial charge is 0.497 e. The number of alkyl halides is 5. The lowest BCUT2D eigenvalue weighted by Gasteiger charge is -2.38. The maximum Gasteiger partial charge on any atom is 0.573 e. The van der Waals surface area contributed by atoms with E-state index in [9.17, 15) is 27.1 Å². The molecule has 1 aliphatic rings. The van der Waals surface area contributed by atoms with E-state index in [0.717, 1.165) is 12.1 Å². The zero-order chi connectivity index (χ0) is 22.8. The Bertz CT molecular complexity index is 887. The fourth-order valence-electron chi connectivity index (χ4n) is 3.12. The number of hydrogen-bond donors (Lipinski definition) is 2. The number of ether oxygens (including phenoxy) is 4. The van der Waals surface area contributed by atoms with Crippen molar-refractivity contribution in [1.29, 1.82) is 0 Å². The number of aliphatic hydroxyl groups is 2. The van der Waals surface area contributed by atoms with E-state index in [1.807, 2.05) is 0 Å². The van der Waals surface area contributed by atoms with Crippen molar-refractivity contribution < 1.29 is 51.1 Å². The third kappa shape index (κ3) is 5.62. The van der Waals surface area contributed by atoms with Gasteiger partial charge in [0.25, 0.3) is 0 Å². The molecule has 3 unspecified atom stereocenters. The van der Waals surface area contributed by atoms with Crippen LogP contribution in [0, 0.1) is 0 Å². The molecule has 0 saturated carbocycles. The van der Waals surface area contributed by atoms with Crippen molar-refractivity contribution in [1.82, 2.24) is 0 Å². The van der Waals surface area contributed by atoms with Crippen LogP contribution in [0.5, 0.6) is 11.5 Å². The van der Waals surface area contributed by atoms with Gasteiger partial charge in [-0.25, -0.2) is 0 Å². The van der Waals surface area contributed by atoms with Crippen LogP contribution in [0.3, 0.4) is 0 Å². The molecule has 3 rings (SSSR count). The van der Waals surface area contributed by atoms with E-state index < -0.39 is 43.3 Å². The molecule has 0 amide bonds. The predicted molar refractivity (Wildman–Crippen MR) is 95.7 cm³/mol. The van der Waals surface area contributed by atoms with Gasteiger partial charge in [0, 0.05) is 6.42 Å². The molecule has 11 heteroatoms. The molecule has 170 valence electrons. The standard InChI is InChI=1S/C20H19F5O6/c1-28-14-5-2-11(3-6-14)8-13-9-12(4-7-15(13)30-20(23,24)25)17-18(27)31-19(21,22)16(10-26)29-17/h2-7,9,16-18,26-27H,8,10H2,1H3. The summed E-state index contributed by atoms with van der Waals surface area (Å²) in [5, 5.41) is 19.1. The third-order valence-corrected chi connectivity index (χ3v) is 4.58. The quantitative estimate of drug-likeness (QED) is 0.656. The summed E-state index contributed by atoms with van der Waals surface area (Å²) in [5.41, 5.74) is 0.749. The molecule has 1 aliphatic heterocycles. The van der Waals surface area contributed by atoms with Crippen LogP contribution in [-0.4, -0.2) is 48.8 Å². The number of aliphatic hydroxyl groups excluding tert-OH is 2. The van der Waals surface area contributed by atoms with Crippen molar-refractivity contribution in [2.24, 2.45) is 0 Å². The zero-order valence-corrected chi connectivity index (χ0v) is 16.1. The lowest BCUT2D eigenvalue weighted by Crippen LogP contribution is -2.51. The molecule has 2 aromatic rings. The predicted octanol–water partition coefficient (Wildman–Crippen LogP) is 3.54. The summed E-state index contributed by atoms with van der Waals surface area (Å²) in [6, 6.07) is 9.89. The normalized spacial score (nSPS) is 23.4. The SMILES string of the molecule is COc1ccc(Cc2cc(C3OC(CO)C(F)(F)OC3O)ccc2OC(F)(F)F)cc1. The largest absolute Gasteiger partial charge is 0.573 e. The Morgan fingerprint density at radius 1 is 1.10 bits per heavy atom. The minimum absolute atomic E-state index is 0.00743. The highest BCUT2D eigenvalue weighted by atomic mass is 19.4. The van der Waals surface area contributed by atoms with E-state index in [-0.39, 0.29) is 17.5 Å². The van der Waals surface area contributed by atoms with Crippen LogP contribution in [0.4, 0.5) is 22.0 Å². The van der Waals surface area contributed by atoms with E-state index in [2.05, 4.69) is 9.47 Å². The zero-order valence-electron chi connectivity index (χ0n) is 16.1. The van der Waals surface area contributed by atoms with Crippen LogP contribution in [0.15, 0.2) is 42.5 Å². The second-order valence-corrected chi connectivity index (χ2v) is 6.74. The summed E-state index contributed by atoms with van der Waals surface area (Å²) in [6.07, 6.45) is -14.5. The van der Waals surface area contributed by atoms with Crippen LogP contribution >= 0.6 is 0 Å². The Morgan fingerprint density at radius 3 is 2.35 bits per heavy atom. The van der Waals surface area contributed by atoms with E-state index in [0.29, 0.717) is 11.3 Å². The Morgan fingerprint density at radius 2 is 1.77 bits per heavy atom. The molecule has 0 aliphatic carbocycles. The number of rotatable bonds is 6. The number of benzene rings is 2. The Labute approximate surface area is 173 Å². The molecule has 0 aromatic heterocycles. The molecule has 1 heterocycles. The van der Waals surface area contributed by atoms with Crippen LogP contribution in [0.2, 0.25) is 0 Å². The van der Waals surface area contributed by atoms with Crippen molar-refractivity contribution in [3.63, 3.8) is 0 Å². The van der Waals surface area contributed by atoms with Crippen molar-refractivity contribution in [2.45, 2.75) is 37.4 Å². The summed E-state index contributed by atoms with van der Waals surface area (Å²) in [4.78, 5) is 0. The number of hydrogen-bond acceptors (Lipinski definition) is 6. The Hall–Kier alpha value is -2.47. The molecular formula is C20H19F5O6. The molecule has 1 fully saturated rings. The molecule has 0 radical (unpaired) electrons. The number of methoxy groups -OCH3 is 1. The first-order valence-electron chi connectivity index (χ1n) is 9.04. The van der Waals surface area contributed by atoms with Gasteiger partial charge in [-0.3, -0.25) is 4.74 Å². The molecule has 0 bridgehead atoms. The first-order chi connectivity index (χ1) is 14.5. The molecule has 31 heavy (non-hydrogen) atoms. The van der Waals surface area contributed by atoms with Crippen LogP contribution in [-0.2, 0) is 15.9 Å². The van der Waals surface area contributed by atoms with Crippen LogP contribution < -0.4 is 9.47 Å². The third-order valence-electron chi connectivity index (χ3n) is 4.58. The van der Waals surface area contributed by atoms with E-state index in [4.69, 9.17) is 14.6 Å². The topological polar surface area (TPSA) is 77.4 Å². The summed E-state index contributed by atoms with van der Waals surface area (Å²) in [5.74, 6) is 0.0541. The lowest BCUT2D eigenvalue weighted by atomic mass is 9.98. The highest BCUT2D eigenvalue weighted by Crippen LogP contribution is 2.40. The van der Waals surface area contributed by atoms with Gasteiger partial charge in [-0.1, -0.05) is 18.2 Å². The van der Waals surface area contributed by atoms with Crippen molar-refractivity contribution in [3.05, 3.63) is 59.2 Å². The maximum absolute atomic E-state index is 13.7. The van der Waals surface area contributed by atoms with Gasteiger partial charge in [0.1, 0.15) is 17.6 Å². The average Bonchev–Trinajstić information content (AvgIpc) is 2.68. The maximum atomic E-state index is 13.7. The molecule has 6 nitrogen and oxygen atoms in total. The average molecular weight is 450 g/mol. The summed E-state index contributed by atoms with van der Waals surface area (Å²) < 4.78 is 84.2. The first kappa shape index (κ1) is 23.2. The number of halogens is 5. The van der Waals surface area contributed by atoms with Gasteiger partial charge in [-0.05, 0) is 41.0 Å². The molecule has 2 aromatic carbocycles. The molecule has 0 spiro atoms. The second-order valence-electron chi connectivity index (χ2n) is 6.74. The minimum Gasteiger partial charge on any atom is -0.497 e. The van der Waals surface area contributed by atoms with Gasteiger partial charge >= 0.3 is 12.5 Å². The fourth-order valence-corrected chi connectivity index (χ4v) is 3.12. The second kappa shape index (κ2) is 8.95. The van der Waals surface area contributed by atoms with Gasteiger partial charge in [0.05, 0.1) is 13.7 Å². The van der Waals surface area contributed by atoms with Gasteiger partial charge in [0.15, 0.2) is 12.4 Å². The summed E-state index contributed by atoms with van der Waals surface area (Å²) in [7, 11) is 1.47. The first-order valence-corrected chi connectivity index (χ1v) is 9.04. The minimum atomic E-state index is -4.95.